The van der Waals surface area contributed by atoms with E-state index in [-0.39, 0.29) is 5.56 Å². The van der Waals surface area contributed by atoms with Gasteiger partial charge in [0.1, 0.15) is 5.82 Å². The van der Waals surface area contributed by atoms with Gasteiger partial charge in [-0.05, 0) is 49.2 Å². The molecule has 1 saturated carbocycles. The van der Waals surface area contributed by atoms with E-state index in [2.05, 4.69) is 11.0 Å². The van der Waals surface area contributed by atoms with Gasteiger partial charge in [-0.15, -0.1) is 0 Å². The zero-order valence-electron chi connectivity index (χ0n) is 14.5. The molecular weight excluding hydrogens is 338 g/mol. The number of aromatic carboxylic acids is 1. The van der Waals surface area contributed by atoms with Crippen LogP contribution in [0.1, 0.15) is 34.3 Å². The number of rotatable bonds is 3. The molecule has 0 atom stereocenters. The number of pyridine rings is 1. The smallest absolute Gasteiger partial charge is 0.335 e. The number of carboxylic acid groups (broad SMARTS) is 1. The minimum Gasteiger partial charge on any atom is -0.478 e. The standard InChI is InChI=1S/C22H17N3O2/c26-22(27)15-9-7-14(8-10-15)20-17-4-3-13-23-21(17)25(16-11-12-16)19-6-2-1-5-18(19)24-20/h1-10,13,16H,11-12H2,(H,26,27). The van der Waals surface area contributed by atoms with Gasteiger partial charge in [0, 0.05) is 23.4 Å². The number of hydrogen-bond donors (Lipinski definition) is 1. The molecule has 0 radical (unpaired) electrons. The van der Waals surface area contributed by atoms with E-state index in [9.17, 15) is 9.90 Å². The van der Waals surface area contributed by atoms with Crippen LogP contribution in [0, 0.1) is 0 Å². The van der Waals surface area contributed by atoms with Crippen molar-refractivity contribution in [2.75, 3.05) is 4.90 Å². The summed E-state index contributed by atoms with van der Waals surface area (Å²) >= 11 is 0. The first-order chi connectivity index (χ1) is 13.2. The lowest BCUT2D eigenvalue weighted by atomic mass is 10.0. The number of aromatic nitrogens is 1. The summed E-state index contributed by atoms with van der Waals surface area (Å²) in [7, 11) is 0. The third-order valence-corrected chi connectivity index (χ3v) is 4.96. The molecule has 5 nitrogen and oxygen atoms in total. The zero-order chi connectivity index (χ0) is 18.4. The minimum atomic E-state index is -0.934. The summed E-state index contributed by atoms with van der Waals surface area (Å²) in [6.45, 7) is 0. The van der Waals surface area contributed by atoms with Crippen LogP contribution in [0.3, 0.4) is 0 Å². The van der Waals surface area contributed by atoms with Gasteiger partial charge < -0.3 is 10.0 Å². The van der Waals surface area contributed by atoms with Gasteiger partial charge in [0.05, 0.1) is 22.6 Å². The molecule has 2 heterocycles. The normalized spacial score (nSPS) is 15.4. The van der Waals surface area contributed by atoms with Crippen LogP contribution >= 0.6 is 0 Å². The highest BCUT2D eigenvalue weighted by Crippen LogP contribution is 2.45. The summed E-state index contributed by atoms with van der Waals surface area (Å²) in [4.78, 5) is 23.1. The average molecular weight is 355 g/mol. The second kappa shape index (κ2) is 6.06. The molecule has 5 heteroatoms. The van der Waals surface area contributed by atoms with E-state index in [4.69, 9.17) is 9.98 Å². The molecule has 27 heavy (non-hydrogen) atoms. The van der Waals surface area contributed by atoms with Crippen molar-refractivity contribution >= 4 is 28.9 Å². The van der Waals surface area contributed by atoms with E-state index >= 15 is 0 Å². The van der Waals surface area contributed by atoms with Gasteiger partial charge in [-0.2, -0.15) is 0 Å². The molecule has 132 valence electrons. The molecule has 0 unspecified atom stereocenters. The fourth-order valence-electron chi connectivity index (χ4n) is 3.52. The third-order valence-electron chi connectivity index (χ3n) is 4.96. The first kappa shape index (κ1) is 15.8. The van der Waals surface area contributed by atoms with E-state index < -0.39 is 5.97 Å². The van der Waals surface area contributed by atoms with Gasteiger partial charge in [-0.3, -0.25) is 0 Å². The number of anilines is 2. The Morgan fingerprint density at radius 1 is 1.00 bits per heavy atom. The zero-order valence-corrected chi connectivity index (χ0v) is 14.5. The van der Waals surface area contributed by atoms with Gasteiger partial charge in [0.25, 0.3) is 0 Å². The molecule has 0 amide bonds. The topological polar surface area (TPSA) is 65.8 Å². The Balaban J connectivity index is 1.74. The first-order valence-corrected chi connectivity index (χ1v) is 8.98. The van der Waals surface area contributed by atoms with Crippen LogP contribution in [0.2, 0.25) is 0 Å². The highest BCUT2D eigenvalue weighted by atomic mass is 16.4. The summed E-state index contributed by atoms with van der Waals surface area (Å²) in [6.07, 6.45) is 4.10. The second-order valence-electron chi connectivity index (χ2n) is 6.81. The predicted octanol–water partition coefficient (Wildman–Crippen LogP) is 4.56. The Labute approximate surface area is 156 Å². The van der Waals surface area contributed by atoms with E-state index in [0.29, 0.717) is 6.04 Å². The SMILES string of the molecule is O=C(O)c1ccc(C2=Nc3ccccc3N(C3CC3)c3ncccc32)cc1. The summed E-state index contributed by atoms with van der Waals surface area (Å²) in [5.41, 5.74) is 4.88. The van der Waals surface area contributed by atoms with Gasteiger partial charge in [-0.1, -0.05) is 24.3 Å². The Hall–Kier alpha value is -3.47. The van der Waals surface area contributed by atoms with E-state index in [1.54, 1.807) is 12.1 Å². The lowest BCUT2D eigenvalue weighted by molar-refractivity contribution is 0.0697. The fourth-order valence-corrected chi connectivity index (χ4v) is 3.52. The van der Waals surface area contributed by atoms with Gasteiger partial charge in [0.15, 0.2) is 0 Å². The summed E-state index contributed by atoms with van der Waals surface area (Å²) in [6, 6.07) is 19.4. The molecule has 1 fully saturated rings. The van der Waals surface area contributed by atoms with E-state index in [0.717, 1.165) is 46.9 Å². The largest absolute Gasteiger partial charge is 0.478 e. The lowest BCUT2D eigenvalue weighted by Gasteiger charge is -2.25. The fraction of sp³-hybridized carbons (Fsp3) is 0.136. The van der Waals surface area contributed by atoms with Gasteiger partial charge in [0.2, 0.25) is 0 Å². The number of carboxylic acids is 1. The van der Waals surface area contributed by atoms with Crippen LogP contribution in [0.15, 0.2) is 71.9 Å². The number of nitrogens with zero attached hydrogens (tertiary/aromatic N) is 3. The number of para-hydroxylation sites is 2. The lowest BCUT2D eigenvalue weighted by Crippen LogP contribution is -2.22. The van der Waals surface area contributed by atoms with Crippen LogP contribution in [0.25, 0.3) is 0 Å². The highest BCUT2D eigenvalue weighted by Gasteiger charge is 2.35. The Morgan fingerprint density at radius 3 is 2.52 bits per heavy atom. The number of fused-ring (bicyclic) bond motifs is 2. The van der Waals surface area contributed by atoms with Crippen LogP contribution in [0.4, 0.5) is 17.2 Å². The van der Waals surface area contributed by atoms with Crippen molar-refractivity contribution in [2.45, 2.75) is 18.9 Å². The van der Waals surface area contributed by atoms with Crippen molar-refractivity contribution in [3.63, 3.8) is 0 Å². The Kier molecular flexibility index (Phi) is 3.53. The number of hydrogen-bond acceptors (Lipinski definition) is 4. The Morgan fingerprint density at radius 2 is 1.78 bits per heavy atom. The van der Waals surface area contributed by atoms with Gasteiger partial charge in [-0.25, -0.2) is 14.8 Å². The highest BCUT2D eigenvalue weighted by molar-refractivity contribution is 6.18. The van der Waals surface area contributed by atoms with Crippen molar-refractivity contribution in [1.82, 2.24) is 4.98 Å². The van der Waals surface area contributed by atoms with Crippen LogP contribution in [-0.2, 0) is 0 Å². The molecule has 0 saturated heterocycles. The Bertz CT molecular complexity index is 1070. The second-order valence-corrected chi connectivity index (χ2v) is 6.81. The van der Waals surface area contributed by atoms with Crippen LogP contribution in [-0.4, -0.2) is 27.8 Å². The molecule has 2 aliphatic rings. The molecule has 0 bridgehead atoms. The average Bonchev–Trinajstić information content (AvgIpc) is 3.53. The van der Waals surface area contributed by atoms with E-state index in [1.807, 2.05) is 48.7 Å². The van der Waals surface area contributed by atoms with E-state index in [1.165, 1.54) is 0 Å². The molecule has 1 aliphatic heterocycles. The molecule has 0 spiro atoms. The monoisotopic (exact) mass is 355 g/mol. The molecule has 5 rings (SSSR count). The maximum atomic E-state index is 11.2. The van der Waals surface area contributed by atoms with Gasteiger partial charge >= 0.3 is 5.97 Å². The first-order valence-electron chi connectivity index (χ1n) is 8.98. The van der Waals surface area contributed by atoms with Crippen LogP contribution < -0.4 is 4.90 Å². The molecule has 1 aliphatic carbocycles. The summed E-state index contributed by atoms with van der Waals surface area (Å²) in [5, 5.41) is 9.17. The third kappa shape index (κ3) is 2.68. The number of aliphatic imine (C=N–C) groups is 1. The van der Waals surface area contributed by atoms with Crippen molar-refractivity contribution in [3.8, 4) is 0 Å². The minimum absolute atomic E-state index is 0.263. The molecular formula is C22H17N3O2. The predicted molar refractivity (Wildman–Crippen MR) is 105 cm³/mol. The van der Waals surface area contributed by atoms with Crippen molar-refractivity contribution in [3.05, 3.63) is 83.6 Å². The summed E-state index contributed by atoms with van der Waals surface area (Å²) < 4.78 is 0. The summed E-state index contributed by atoms with van der Waals surface area (Å²) in [5.74, 6) is -0.0253. The van der Waals surface area contributed by atoms with Crippen LogP contribution in [0.5, 0.6) is 0 Å². The molecule has 2 aromatic carbocycles. The molecule has 1 aromatic heterocycles. The quantitative estimate of drug-likeness (QED) is 0.748. The number of benzene rings is 2. The maximum Gasteiger partial charge on any atom is 0.335 e. The maximum absolute atomic E-state index is 11.2. The van der Waals surface area contributed by atoms with Crippen molar-refractivity contribution in [2.24, 2.45) is 4.99 Å². The van der Waals surface area contributed by atoms with Crippen molar-refractivity contribution in [1.29, 1.82) is 0 Å². The molecule has 3 aromatic rings. The number of carbonyl (C=O) groups is 1. The molecule has 1 N–H and O–H groups in total. The van der Waals surface area contributed by atoms with Crippen molar-refractivity contribution < 1.29 is 9.90 Å².